The van der Waals surface area contributed by atoms with Crippen molar-refractivity contribution in [1.82, 2.24) is 25.4 Å². The third-order valence-electron chi connectivity index (χ3n) is 5.03. The van der Waals surface area contributed by atoms with Crippen LogP contribution in [0.3, 0.4) is 0 Å². The minimum Gasteiger partial charge on any atom is -0.361 e. The standard InChI is InChI=1S/C21H25N5O2/c1-13(2)23-21(28)19-10-16-9-15(12-26(16)25-19)24-20(27)8-7-14-11-22-18-6-4-3-5-17(14)18/h3-6,10-11,13,15,22H,7-9,12H2,1-2H3,(H,23,28)(H,24,27)/t15-/m0/s1. The Morgan fingerprint density at radius 3 is 2.93 bits per heavy atom. The number of carbonyl (C=O) groups is 2. The molecule has 0 fully saturated rings. The monoisotopic (exact) mass is 379 g/mol. The summed E-state index contributed by atoms with van der Waals surface area (Å²) in [6.45, 7) is 4.44. The molecule has 3 heterocycles. The molecule has 1 aromatic carbocycles. The molecule has 0 saturated carbocycles. The lowest BCUT2D eigenvalue weighted by atomic mass is 10.1. The first-order chi connectivity index (χ1) is 13.5. The van der Waals surface area contributed by atoms with E-state index in [1.807, 2.05) is 49.0 Å². The molecule has 1 aliphatic rings. The van der Waals surface area contributed by atoms with Gasteiger partial charge in [0.2, 0.25) is 5.91 Å². The lowest BCUT2D eigenvalue weighted by Crippen LogP contribution is -2.36. The summed E-state index contributed by atoms with van der Waals surface area (Å²) in [5, 5.41) is 11.5. The van der Waals surface area contributed by atoms with E-state index in [1.54, 1.807) is 0 Å². The zero-order valence-electron chi connectivity index (χ0n) is 16.2. The summed E-state index contributed by atoms with van der Waals surface area (Å²) in [5.74, 6) is -0.116. The van der Waals surface area contributed by atoms with Crippen LogP contribution < -0.4 is 10.6 Å². The maximum atomic E-state index is 12.4. The van der Waals surface area contributed by atoms with Crippen LogP contribution in [0.15, 0.2) is 36.5 Å². The molecule has 2 aromatic heterocycles. The Hall–Kier alpha value is -3.09. The summed E-state index contributed by atoms with van der Waals surface area (Å²) in [6.07, 6.45) is 3.82. The molecule has 0 radical (unpaired) electrons. The van der Waals surface area contributed by atoms with E-state index in [9.17, 15) is 9.59 Å². The fourth-order valence-electron chi connectivity index (χ4n) is 3.73. The number of benzene rings is 1. The lowest BCUT2D eigenvalue weighted by molar-refractivity contribution is -0.121. The van der Waals surface area contributed by atoms with Gasteiger partial charge < -0.3 is 15.6 Å². The van der Waals surface area contributed by atoms with Gasteiger partial charge in [-0.25, -0.2) is 0 Å². The van der Waals surface area contributed by atoms with E-state index < -0.39 is 0 Å². The number of hydrogen-bond donors (Lipinski definition) is 3. The number of para-hydroxylation sites is 1. The Balaban J connectivity index is 1.29. The van der Waals surface area contributed by atoms with Gasteiger partial charge in [0.1, 0.15) is 5.69 Å². The molecule has 7 heteroatoms. The smallest absolute Gasteiger partial charge is 0.271 e. The van der Waals surface area contributed by atoms with Crippen molar-refractivity contribution in [1.29, 1.82) is 0 Å². The molecule has 1 atom stereocenters. The maximum Gasteiger partial charge on any atom is 0.271 e. The molecular weight excluding hydrogens is 354 g/mol. The highest BCUT2D eigenvalue weighted by Gasteiger charge is 2.26. The normalized spacial score (nSPS) is 15.8. The number of H-pyrrole nitrogens is 1. The van der Waals surface area contributed by atoms with Gasteiger partial charge in [-0.1, -0.05) is 18.2 Å². The van der Waals surface area contributed by atoms with Gasteiger partial charge in [-0.2, -0.15) is 5.10 Å². The van der Waals surface area contributed by atoms with Crippen molar-refractivity contribution in [2.45, 2.75) is 51.7 Å². The number of nitrogens with zero attached hydrogens (tertiary/aromatic N) is 2. The van der Waals surface area contributed by atoms with E-state index >= 15 is 0 Å². The van der Waals surface area contributed by atoms with E-state index in [1.165, 1.54) is 5.39 Å². The van der Waals surface area contributed by atoms with Crippen LogP contribution in [0, 0.1) is 0 Å². The second-order valence-electron chi connectivity index (χ2n) is 7.66. The van der Waals surface area contributed by atoms with E-state index in [-0.39, 0.29) is 23.9 Å². The molecule has 0 spiro atoms. The van der Waals surface area contributed by atoms with Crippen molar-refractivity contribution >= 4 is 22.7 Å². The molecule has 4 rings (SSSR count). The van der Waals surface area contributed by atoms with Crippen molar-refractivity contribution in [2.75, 3.05) is 0 Å². The first-order valence-electron chi connectivity index (χ1n) is 9.71. The van der Waals surface area contributed by atoms with E-state index in [4.69, 9.17) is 0 Å². The number of amides is 2. The second kappa shape index (κ2) is 7.50. The summed E-state index contributed by atoms with van der Waals surface area (Å²) in [6, 6.07) is 10.0. The first-order valence-corrected chi connectivity index (χ1v) is 9.71. The average molecular weight is 379 g/mol. The molecule has 3 aromatic rings. The van der Waals surface area contributed by atoms with Crippen LogP contribution in [-0.4, -0.2) is 38.7 Å². The van der Waals surface area contributed by atoms with Gasteiger partial charge in [0.15, 0.2) is 0 Å². The number of fused-ring (bicyclic) bond motifs is 2. The fourth-order valence-corrected chi connectivity index (χ4v) is 3.73. The highest BCUT2D eigenvalue weighted by Crippen LogP contribution is 2.20. The Labute approximate surface area is 163 Å². The Bertz CT molecular complexity index is 993. The minimum absolute atomic E-state index is 0.0279. The van der Waals surface area contributed by atoms with Crippen molar-refractivity contribution < 1.29 is 9.59 Å². The van der Waals surface area contributed by atoms with Crippen molar-refractivity contribution in [3.63, 3.8) is 0 Å². The van der Waals surface area contributed by atoms with Gasteiger partial charge >= 0.3 is 0 Å². The molecule has 2 amide bonds. The second-order valence-corrected chi connectivity index (χ2v) is 7.66. The molecule has 146 valence electrons. The summed E-state index contributed by atoms with van der Waals surface area (Å²) in [5.41, 5.74) is 3.67. The predicted molar refractivity (Wildman–Crippen MR) is 107 cm³/mol. The van der Waals surface area contributed by atoms with Crippen molar-refractivity contribution in [2.24, 2.45) is 0 Å². The number of aromatic nitrogens is 3. The first kappa shape index (κ1) is 18.3. The quantitative estimate of drug-likeness (QED) is 0.613. The largest absolute Gasteiger partial charge is 0.361 e. The summed E-state index contributed by atoms with van der Waals surface area (Å²) in [4.78, 5) is 27.7. The van der Waals surface area contributed by atoms with Crippen LogP contribution in [0.25, 0.3) is 10.9 Å². The average Bonchev–Trinajstić information content (AvgIpc) is 3.32. The molecule has 0 aliphatic carbocycles. The highest BCUT2D eigenvalue weighted by molar-refractivity contribution is 5.92. The SMILES string of the molecule is CC(C)NC(=O)c1cc2n(n1)C[C@@H](NC(=O)CCc1c[nH]c3ccccc13)C2. The van der Waals surface area contributed by atoms with Gasteiger partial charge in [-0.05, 0) is 38.0 Å². The molecule has 28 heavy (non-hydrogen) atoms. The molecule has 3 N–H and O–H groups in total. The Morgan fingerprint density at radius 2 is 2.14 bits per heavy atom. The minimum atomic E-state index is -0.156. The van der Waals surface area contributed by atoms with Crippen molar-refractivity contribution in [3.05, 3.63) is 53.5 Å². The van der Waals surface area contributed by atoms with Crippen LogP contribution in [0.4, 0.5) is 0 Å². The van der Waals surface area contributed by atoms with Gasteiger partial charge in [0, 0.05) is 41.7 Å². The molecule has 1 aliphatic heterocycles. The molecular formula is C21H25N5O2. The number of aryl methyl sites for hydroxylation is 1. The number of hydrogen-bond acceptors (Lipinski definition) is 3. The predicted octanol–water partition coefficient (Wildman–Crippen LogP) is 2.18. The number of nitrogens with one attached hydrogen (secondary N) is 3. The topological polar surface area (TPSA) is 91.8 Å². The van der Waals surface area contributed by atoms with Crippen LogP contribution in [0.1, 0.15) is 42.0 Å². The number of aromatic amines is 1. The van der Waals surface area contributed by atoms with Crippen LogP contribution >= 0.6 is 0 Å². The van der Waals surface area contributed by atoms with Crippen molar-refractivity contribution in [3.8, 4) is 0 Å². The van der Waals surface area contributed by atoms with Gasteiger partial charge in [-0.15, -0.1) is 0 Å². The Morgan fingerprint density at radius 1 is 1.32 bits per heavy atom. The summed E-state index contributed by atoms with van der Waals surface area (Å²) in [7, 11) is 0. The zero-order valence-corrected chi connectivity index (χ0v) is 16.2. The third-order valence-corrected chi connectivity index (χ3v) is 5.03. The maximum absolute atomic E-state index is 12.4. The van der Waals surface area contributed by atoms with Crippen LogP contribution in [0.2, 0.25) is 0 Å². The third kappa shape index (κ3) is 3.78. The molecule has 7 nitrogen and oxygen atoms in total. The summed E-state index contributed by atoms with van der Waals surface area (Å²) >= 11 is 0. The highest BCUT2D eigenvalue weighted by atomic mass is 16.2. The molecule has 0 bridgehead atoms. The van der Waals surface area contributed by atoms with Crippen LogP contribution in [0.5, 0.6) is 0 Å². The number of rotatable bonds is 6. The van der Waals surface area contributed by atoms with E-state index in [0.717, 1.165) is 16.8 Å². The summed E-state index contributed by atoms with van der Waals surface area (Å²) < 4.78 is 1.82. The van der Waals surface area contributed by atoms with Crippen LogP contribution in [-0.2, 0) is 24.2 Å². The van der Waals surface area contributed by atoms with Gasteiger partial charge in [0.05, 0.1) is 12.6 Å². The molecule has 0 saturated heterocycles. The van der Waals surface area contributed by atoms with E-state index in [2.05, 4.69) is 26.8 Å². The van der Waals surface area contributed by atoms with E-state index in [0.29, 0.717) is 31.5 Å². The number of carbonyl (C=O) groups excluding carboxylic acids is 2. The van der Waals surface area contributed by atoms with Gasteiger partial charge in [-0.3, -0.25) is 14.3 Å². The Kier molecular flexibility index (Phi) is 4.90. The lowest BCUT2D eigenvalue weighted by Gasteiger charge is -2.12. The fraction of sp³-hybridized carbons (Fsp3) is 0.381. The zero-order chi connectivity index (χ0) is 19.7. The molecule has 0 unspecified atom stereocenters. The van der Waals surface area contributed by atoms with Gasteiger partial charge in [0.25, 0.3) is 5.91 Å².